The first-order chi connectivity index (χ1) is 30.4. The first-order valence-electron chi connectivity index (χ1n) is 23.0. The molecular weight excluding hydrogens is 801 g/mol. The Morgan fingerprint density at radius 2 is 1.16 bits per heavy atom. The summed E-state index contributed by atoms with van der Waals surface area (Å²) in [6, 6.07) is 18.7. The number of nitrogen functional groups attached to an aromatic ring is 2. The Morgan fingerprint density at radius 3 is 1.62 bits per heavy atom. The second-order valence-corrected chi connectivity index (χ2v) is 18.8. The summed E-state index contributed by atoms with van der Waals surface area (Å²) >= 11 is 0. The van der Waals surface area contributed by atoms with Crippen LogP contribution in [0, 0.1) is 50.9 Å². The van der Waals surface area contributed by atoms with E-state index in [1.807, 2.05) is 95.3 Å². The molecule has 64 heavy (non-hydrogen) atoms. The van der Waals surface area contributed by atoms with Gasteiger partial charge in [0.25, 0.3) is 23.6 Å². The van der Waals surface area contributed by atoms with Crippen LogP contribution in [0.4, 0.5) is 22.7 Å². The molecule has 4 aromatic carbocycles. The lowest BCUT2D eigenvalue weighted by molar-refractivity contribution is -0.123. The molecule has 4 N–H and O–H groups in total. The quantitative estimate of drug-likeness (QED) is 0.0887. The number of carbonyl (C=O) groups excluding carboxylic acids is 4. The van der Waals surface area contributed by atoms with Crippen LogP contribution in [-0.2, 0) is 32.0 Å². The van der Waals surface area contributed by atoms with Crippen LogP contribution >= 0.6 is 0 Å². The molecule has 0 aromatic heterocycles. The van der Waals surface area contributed by atoms with Crippen molar-refractivity contribution < 1.29 is 28.7 Å². The molecule has 336 valence electrons. The van der Waals surface area contributed by atoms with Crippen molar-refractivity contribution in [3.63, 3.8) is 0 Å². The molecule has 3 unspecified atom stereocenters. The van der Waals surface area contributed by atoms with Gasteiger partial charge < -0.3 is 20.9 Å². The summed E-state index contributed by atoms with van der Waals surface area (Å²) in [6.45, 7) is 18.2. The van der Waals surface area contributed by atoms with Crippen LogP contribution in [-0.4, -0.2) is 23.6 Å². The zero-order chi connectivity index (χ0) is 46.2. The third-order valence-corrected chi connectivity index (χ3v) is 13.9. The highest BCUT2D eigenvalue weighted by molar-refractivity contribution is 6.32. The van der Waals surface area contributed by atoms with E-state index in [1.54, 1.807) is 0 Å². The van der Waals surface area contributed by atoms with Crippen molar-refractivity contribution in [1.29, 1.82) is 0 Å². The minimum Gasteiger partial charge on any atom is -0.457 e. The third-order valence-electron chi connectivity index (χ3n) is 13.9. The Morgan fingerprint density at radius 1 is 0.672 bits per heavy atom. The van der Waals surface area contributed by atoms with E-state index in [4.69, 9.17) is 20.9 Å². The molecule has 1 saturated carbocycles. The predicted molar refractivity (Wildman–Crippen MR) is 256 cm³/mol. The van der Waals surface area contributed by atoms with E-state index in [-0.39, 0.29) is 5.92 Å². The number of anilines is 4. The van der Waals surface area contributed by atoms with Gasteiger partial charge in [0.2, 0.25) is 0 Å². The molecule has 10 nitrogen and oxygen atoms in total. The van der Waals surface area contributed by atoms with Crippen LogP contribution in [0.25, 0.3) is 0 Å². The van der Waals surface area contributed by atoms with E-state index in [0.717, 1.165) is 54.4 Å². The van der Waals surface area contributed by atoms with E-state index >= 15 is 0 Å². The lowest BCUT2D eigenvalue weighted by atomic mass is 9.57. The number of aryl methyl sites for hydroxylation is 6. The first-order valence-corrected chi connectivity index (χ1v) is 23.0. The second kappa shape index (κ2) is 18.5. The number of hydrogen-bond acceptors (Lipinski definition) is 8. The van der Waals surface area contributed by atoms with E-state index in [2.05, 4.69) is 27.7 Å². The summed E-state index contributed by atoms with van der Waals surface area (Å²) in [5, 5.41) is 0. The number of amides is 4. The van der Waals surface area contributed by atoms with Gasteiger partial charge in [0.15, 0.2) is 0 Å². The van der Waals surface area contributed by atoms with Gasteiger partial charge in [-0.05, 0) is 184 Å². The summed E-state index contributed by atoms with van der Waals surface area (Å²) in [5.41, 5.74) is 19.4. The molecule has 3 aliphatic rings. The number of carbonyl (C=O) groups is 4. The molecule has 2 aliphatic heterocycles. The Hall–Kier alpha value is -6.16. The van der Waals surface area contributed by atoms with Gasteiger partial charge in [0.05, 0.1) is 11.4 Å². The van der Waals surface area contributed by atoms with Crippen LogP contribution in [0.3, 0.4) is 0 Å². The monoisotopic (exact) mass is 864 g/mol. The van der Waals surface area contributed by atoms with Crippen LogP contribution in [0.15, 0.2) is 84.0 Å². The SMILES string of the molecule is CCCCc1cc(N2C(=O)C=C(C3CC(C(C)C)CCC3(C)C3=CC(=O)N(c4cc(CCCC)c(Oc5ccc(N)c(C)c5)cc4C)C3=O)C2=O)c(C)cc1Oc1ccc(N)c(C)c1. The normalized spacial score (nSPS) is 20.1. The third kappa shape index (κ3) is 8.84. The largest absolute Gasteiger partial charge is 0.457 e. The fraction of sp³-hybridized carbons (Fsp3) is 0.407. The average Bonchev–Trinajstić information content (AvgIpc) is 3.72. The van der Waals surface area contributed by atoms with E-state index in [0.29, 0.717) is 99.6 Å². The van der Waals surface area contributed by atoms with Gasteiger partial charge in [-0.3, -0.25) is 19.2 Å². The number of benzene rings is 4. The van der Waals surface area contributed by atoms with Crippen molar-refractivity contribution in [1.82, 2.24) is 0 Å². The molecule has 1 aliphatic carbocycles. The van der Waals surface area contributed by atoms with Gasteiger partial charge >= 0.3 is 0 Å². The lowest BCUT2D eigenvalue weighted by Gasteiger charge is -2.46. The zero-order valence-electron chi connectivity index (χ0n) is 39.0. The van der Waals surface area contributed by atoms with Crippen LogP contribution in [0.1, 0.15) is 113 Å². The van der Waals surface area contributed by atoms with Gasteiger partial charge in [-0.1, -0.05) is 47.5 Å². The Kier molecular flexibility index (Phi) is 13.3. The summed E-state index contributed by atoms with van der Waals surface area (Å²) < 4.78 is 12.8. The molecule has 0 radical (unpaired) electrons. The molecule has 7 rings (SSSR count). The Bertz CT molecular complexity index is 2590. The van der Waals surface area contributed by atoms with Gasteiger partial charge in [0, 0.05) is 40.1 Å². The summed E-state index contributed by atoms with van der Waals surface area (Å²) in [5.74, 6) is 1.07. The highest BCUT2D eigenvalue weighted by Crippen LogP contribution is 2.55. The summed E-state index contributed by atoms with van der Waals surface area (Å²) in [4.78, 5) is 60.8. The molecular formula is C54H64N4O6. The zero-order valence-corrected chi connectivity index (χ0v) is 39.0. The highest BCUT2D eigenvalue weighted by atomic mass is 16.5. The topological polar surface area (TPSA) is 145 Å². The molecule has 0 bridgehead atoms. The summed E-state index contributed by atoms with van der Waals surface area (Å²) in [7, 11) is 0. The molecule has 1 fully saturated rings. The number of ether oxygens (including phenoxy) is 2. The smallest absolute Gasteiger partial charge is 0.262 e. The van der Waals surface area contributed by atoms with Crippen molar-refractivity contribution in [2.24, 2.45) is 23.2 Å². The fourth-order valence-electron chi connectivity index (χ4n) is 9.71. The molecule has 4 amide bonds. The first kappa shape index (κ1) is 45.9. The number of unbranched alkanes of at least 4 members (excludes halogenated alkanes) is 2. The lowest BCUT2D eigenvalue weighted by Crippen LogP contribution is -2.44. The maximum absolute atomic E-state index is 14.9. The average molecular weight is 865 g/mol. The van der Waals surface area contributed by atoms with E-state index < -0.39 is 35.0 Å². The Labute approximate surface area is 378 Å². The van der Waals surface area contributed by atoms with Crippen LogP contribution < -0.4 is 30.7 Å². The fourth-order valence-corrected chi connectivity index (χ4v) is 9.71. The van der Waals surface area contributed by atoms with E-state index in [1.165, 1.54) is 22.0 Å². The van der Waals surface area contributed by atoms with Gasteiger partial charge in [-0.15, -0.1) is 0 Å². The maximum Gasteiger partial charge on any atom is 0.262 e. The molecule has 2 heterocycles. The highest BCUT2D eigenvalue weighted by Gasteiger charge is 2.53. The van der Waals surface area contributed by atoms with Crippen molar-refractivity contribution >= 4 is 46.4 Å². The van der Waals surface area contributed by atoms with Gasteiger partial charge in [0.1, 0.15) is 23.0 Å². The van der Waals surface area contributed by atoms with E-state index in [9.17, 15) is 19.2 Å². The van der Waals surface area contributed by atoms with Gasteiger partial charge in [-0.25, -0.2) is 9.80 Å². The predicted octanol–water partition coefficient (Wildman–Crippen LogP) is 11.7. The van der Waals surface area contributed by atoms with Gasteiger partial charge in [-0.2, -0.15) is 0 Å². The van der Waals surface area contributed by atoms with Crippen molar-refractivity contribution in [3.8, 4) is 23.0 Å². The molecule has 0 saturated heterocycles. The molecule has 3 atom stereocenters. The Balaban J connectivity index is 1.21. The standard InChI is InChI=1S/C54H64N4O6/c1-10-12-14-37-27-46(34(7)24-48(37)63-39-16-18-44(55)32(5)22-39)57-50(59)29-41(52(57)61)42-26-36(31(3)4)20-21-54(42,9)43-30-51(60)58(53(43)62)47-28-38(15-13-11-2)49(25-35(47)8)64-40-17-19-45(56)33(6)23-40/h16-19,22-25,27-31,36,42H,10-15,20-21,26,55-56H2,1-9H3. The number of imide groups is 2. The second-order valence-electron chi connectivity index (χ2n) is 18.8. The number of hydrogen-bond donors (Lipinski definition) is 2. The molecule has 10 heteroatoms. The van der Waals surface area contributed by atoms with Crippen molar-refractivity contribution in [3.05, 3.63) is 117 Å². The molecule has 4 aromatic rings. The molecule has 0 spiro atoms. The number of nitrogens with two attached hydrogens (primary N) is 2. The summed E-state index contributed by atoms with van der Waals surface area (Å²) in [6.07, 6.45) is 10.0. The van der Waals surface area contributed by atoms with Crippen LogP contribution in [0.2, 0.25) is 0 Å². The number of rotatable bonds is 15. The van der Waals surface area contributed by atoms with Crippen molar-refractivity contribution in [2.45, 2.75) is 120 Å². The minimum atomic E-state index is -0.907. The van der Waals surface area contributed by atoms with Crippen molar-refractivity contribution in [2.75, 3.05) is 21.3 Å². The maximum atomic E-state index is 14.9. The number of nitrogens with zero attached hydrogens (tertiary/aromatic N) is 2. The minimum absolute atomic E-state index is 0.247. The van der Waals surface area contributed by atoms with Crippen LogP contribution in [0.5, 0.6) is 23.0 Å².